The summed E-state index contributed by atoms with van der Waals surface area (Å²) < 4.78 is 26.8. The predicted molar refractivity (Wildman–Crippen MR) is 79.4 cm³/mol. The molecule has 0 aromatic heterocycles. The average Bonchev–Trinajstić information content (AvgIpc) is 2.34. The van der Waals surface area contributed by atoms with Crippen LogP contribution in [0.15, 0.2) is 23.1 Å². The molecule has 0 heterocycles. The molecule has 0 amide bonds. The van der Waals surface area contributed by atoms with E-state index in [9.17, 15) is 8.42 Å². The molecule has 0 atom stereocenters. The third kappa shape index (κ3) is 3.50. The van der Waals surface area contributed by atoms with Gasteiger partial charge in [0.15, 0.2) is 0 Å². The van der Waals surface area contributed by atoms with Crippen LogP contribution in [0, 0.1) is 17.2 Å². The van der Waals surface area contributed by atoms with E-state index in [4.69, 9.17) is 11.0 Å². The van der Waals surface area contributed by atoms with Gasteiger partial charge in [-0.25, -0.2) is 8.42 Å². The fourth-order valence-corrected chi connectivity index (χ4v) is 3.82. The molecule has 110 valence electrons. The number of hydrogen-bond donors (Lipinski definition) is 1. The molecule has 0 bridgehead atoms. The molecule has 1 aromatic rings. The standard InChI is InChI=1S/C14H21N3O2S/c1-10(2)9-17(11(3)4)20(18,19)14-6-5-12(8-15)7-13(14)16/h5-7,10-11H,9,16H2,1-4H3. The number of nitriles is 1. The second kappa shape index (κ2) is 6.25. The smallest absolute Gasteiger partial charge is 0.245 e. The Labute approximate surface area is 121 Å². The number of benzene rings is 1. The third-order valence-electron chi connectivity index (χ3n) is 2.85. The second-order valence-corrected chi connectivity index (χ2v) is 7.29. The Bertz CT molecular complexity index is 616. The number of nitrogens with two attached hydrogens (primary N) is 1. The number of rotatable bonds is 5. The number of sulfonamides is 1. The van der Waals surface area contributed by atoms with Crippen LogP contribution in [0.3, 0.4) is 0 Å². The first-order chi connectivity index (χ1) is 9.20. The van der Waals surface area contributed by atoms with Gasteiger partial charge in [0.2, 0.25) is 10.0 Å². The van der Waals surface area contributed by atoms with Crippen molar-refractivity contribution >= 4 is 15.7 Å². The summed E-state index contributed by atoms with van der Waals surface area (Å²) in [5.74, 6) is 0.215. The van der Waals surface area contributed by atoms with Crippen LogP contribution in [0.5, 0.6) is 0 Å². The number of nitrogen functional groups attached to an aromatic ring is 1. The monoisotopic (exact) mass is 295 g/mol. The molecule has 0 aliphatic heterocycles. The second-order valence-electron chi connectivity index (χ2n) is 5.43. The molecule has 0 fully saturated rings. The van der Waals surface area contributed by atoms with E-state index in [1.807, 2.05) is 33.8 Å². The first-order valence-corrected chi connectivity index (χ1v) is 7.95. The highest BCUT2D eigenvalue weighted by Crippen LogP contribution is 2.25. The van der Waals surface area contributed by atoms with Crippen molar-refractivity contribution < 1.29 is 8.42 Å². The Hall–Kier alpha value is -1.58. The van der Waals surface area contributed by atoms with Crippen molar-refractivity contribution in [2.45, 2.75) is 38.6 Å². The molecule has 0 aliphatic rings. The Balaban J connectivity index is 3.30. The minimum absolute atomic E-state index is 0.0610. The zero-order valence-electron chi connectivity index (χ0n) is 12.3. The maximum atomic E-state index is 12.7. The predicted octanol–water partition coefficient (Wildman–Crippen LogP) is 2.20. The van der Waals surface area contributed by atoms with E-state index in [1.54, 1.807) is 0 Å². The molecule has 20 heavy (non-hydrogen) atoms. The largest absolute Gasteiger partial charge is 0.398 e. The molecule has 5 nitrogen and oxygen atoms in total. The summed E-state index contributed by atoms with van der Waals surface area (Å²) in [4.78, 5) is 0.0610. The lowest BCUT2D eigenvalue weighted by Gasteiger charge is -2.28. The summed E-state index contributed by atoms with van der Waals surface area (Å²) in [7, 11) is -3.65. The summed E-state index contributed by atoms with van der Waals surface area (Å²) in [6.07, 6.45) is 0. The normalized spacial score (nSPS) is 12.1. The topological polar surface area (TPSA) is 87.2 Å². The van der Waals surface area contributed by atoms with Gasteiger partial charge in [0.1, 0.15) is 4.90 Å². The lowest BCUT2D eigenvalue weighted by Crippen LogP contribution is -2.39. The quantitative estimate of drug-likeness (QED) is 0.843. The summed E-state index contributed by atoms with van der Waals surface area (Å²) in [6.45, 7) is 8.03. The van der Waals surface area contributed by atoms with Crippen LogP contribution in [-0.4, -0.2) is 25.3 Å². The van der Waals surface area contributed by atoms with Gasteiger partial charge < -0.3 is 5.73 Å². The molecular formula is C14H21N3O2S. The lowest BCUT2D eigenvalue weighted by atomic mass is 10.2. The molecule has 6 heteroatoms. The van der Waals surface area contributed by atoms with Gasteiger partial charge in [-0.15, -0.1) is 0 Å². The van der Waals surface area contributed by atoms with Crippen molar-refractivity contribution in [2.24, 2.45) is 5.92 Å². The van der Waals surface area contributed by atoms with Crippen LogP contribution in [0.4, 0.5) is 5.69 Å². The molecule has 0 saturated carbocycles. The number of hydrogen-bond acceptors (Lipinski definition) is 4. The Kier molecular flexibility index (Phi) is 5.15. The molecule has 0 unspecified atom stereocenters. The SMILES string of the molecule is CC(C)CN(C(C)C)S(=O)(=O)c1ccc(C#N)cc1N. The van der Waals surface area contributed by atoms with Gasteiger partial charge in [0, 0.05) is 12.6 Å². The Morgan fingerprint density at radius 3 is 2.30 bits per heavy atom. The zero-order chi connectivity index (χ0) is 15.5. The van der Waals surface area contributed by atoms with Crippen LogP contribution < -0.4 is 5.73 Å². The molecule has 1 rings (SSSR count). The van der Waals surface area contributed by atoms with Gasteiger partial charge in [0.05, 0.1) is 17.3 Å². The van der Waals surface area contributed by atoms with Gasteiger partial charge >= 0.3 is 0 Å². The summed E-state index contributed by atoms with van der Waals surface area (Å²) in [5, 5.41) is 8.81. The highest BCUT2D eigenvalue weighted by atomic mass is 32.2. The lowest BCUT2D eigenvalue weighted by molar-refractivity contribution is 0.319. The van der Waals surface area contributed by atoms with Gasteiger partial charge in [-0.05, 0) is 38.0 Å². The van der Waals surface area contributed by atoms with E-state index in [0.717, 1.165) is 0 Å². The molecule has 0 aliphatic carbocycles. The van der Waals surface area contributed by atoms with E-state index < -0.39 is 10.0 Å². The van der Waals surface area contributed by atoms with Crippen molar-refractivity contribution in [1.29, 1.82) is 5.26 Å². The van der Waals surface area contributed by atoms with Crippen LogP contribution >= 0.6 is 0 Å². The van der Waals surface area contributed by atoms with Gasteiger partial charge in [-0.1, -0.05) is 13.8 Å². The Morgan fingerprint density at radius 2 is 1.90 bits per heavy atom. The maximum Gasteiger partial charge on any atom is 0.245 e. The van der Waals surface area contributed by atoms with Crippen LogP contribution in [0.2, 0.25) is 0 Å². The number of anilines is 1. The van der Waals surface area contributed by atoms with Crippen molar-refractivity contribution in [3.63, 3.8) is 0 Å². The van der Waals surface area contributed by atoms with Crippen LogP contribution in [-0.2, 0) is 10.0 Å². The fraction of sp³-hybridized carbons (Fsp3) is 0.500. The van der Waals surface area contributed by atoms with E-state index in [1.165, 1.54) is 22.5 Å². The first kappa shape index (κ1) is 16.5. The average molecular weight is 295 g/mol. The molecule has 2 N–H and O–H groups in total. The summed E-state index contributed by atoms with van der Waals surface area (Å²) in [6, 6.07) is 6.05. The molecule has 0 saturated heterocycles. The van der Waals surface area contributed by atoms with E-state index in [0.29, 0.717) is 12.1 Å². The van der Waals surface area contributed by atoms with Crippen LogP contribution in [0.25, 0.3) is 0 Å². The van der Waals surface area contributed by atoms with E-state index in [-0.39, 0.29) is 22.5 Å². The molecule has 0 radical (unpaired) electrons. The first-order valence-electron chi connectivity index (χ1n) is 6.51. The summed E-state index contributed by atoms with van der Waals surface area (Å²) in [5.41, 5.74) is 6.25. The highest BCUT2D eigenvalue weighted by molar-refractivity contribution is 7.89. The minimum Gasteiger partial charge on any atom is -0.398 e. The molecule has 0 spiro atoms. The van der Waals surface area contributed by atoms with Gasteiger partial charge in [-0.3, -0.25) is 0 Å². The molecular weight excluding hydrogens is 274 g/mol. The molecule has 1 aromatic carbocycles. The Morgan fingerprint density at radius 1 is 1.30 bits per heavy atom. The van der Waals surface area contributed by atoms with Crippen molar-refractivity contribution in [2.75, 3.05) is 12.3 Å². The number of nitrogens with zero attached hydrogens (tertiary/aromatic N) is 2. The highest BCUT2D eigenvalue weighted by Gasteiger charge is 2.29. The van der Waals surface area contributed by atoms with Crippen LogP contribution in [0.1, 0.15) is 33.3 Å². The van der Waals surface area contributed by atoms with Crippen molar-refractivity contribution in [3.05, 3.63) is 23.8 Å². The summed E-state index contributed by atoms with van der Waals surface area (Å²) >= 11 is 0. The fourth-order valence-electron chi connectivity index (χ4n) is 1.93. The maximum absolute atomic E-state index is 12.7. The van der Waals surface area contributed by atoms with E-state index >= 15 is 0 Å². The minimum atomic E-state index is -3.65. The van der Waals surface area contributed by atoms with E-state index in [2.05, 4.69) is 0 Å². The van der Waals surface area contributed by atoms with Gasteiger partial charge in [-0.2, -0.15) is 9.57 Å². The zero-order valence-corrected chi connectivity index (χ0v) is 13.1. The van der Waals surface area contributed by atoms with Gasteiger partial charge in [0.25, 0.3) is 0 Å². The third-order valence-corrected chi connectivity index (χ3v) is 4.96. The van der Waals surface area contributed by atoms with Crippen molar-refractivity contribution in [3.8, 4) is 6.07 Å². The van der Waals surface area contributed by atoms with Crippen molar-refractivity contribution in [1.82, 2.24) is 4.31 Å².